The van der Waals surface area contributed by atoms with E-state index in [0.29, 0.717) is 15.7 Å². The first-order valence-corrected chi connectivity index (χ1v) is 6.99. The molecule has 0 spiro atoms. The molecule has 3 aromatic rings. The maximum atomic E-state index is 11.3. The highest BCUT2D eigenvalue weighted by atomic mass is 35.5. The Labute approximate surface area is 124 Å². The Morgan fingerprint density at radius 2 is 2.10 bits per heavy atom. The van der Waals surface area contributed by atoms with Gasteiger partial charge in [-0.05, 0) is 23.8 Å². The largest absolute Gasteiger partial charge is 0.383 e. The van der Waals surface area contributed by atoms with E-state index in [1.807, 2.05) is 18.2 Å². The van der Waals surface area contributed by atoms with Gasteiger partial charge in [-0.2, -0.15) is 0 Å². The Kier molecular flexibility index (Phi) is 3.08. The summed E-state index contributed by atoms with van der Waals surface area (Å²) in [7, 11) is 0. The molecule has 1 aromatic carbocycles. The van der Waals surface area contributed by atoms with Crippen LogP contribution in [-0.4, -0.2) is 10.9 Å². The normalized spacial score (nSPS) is 10.8. The van der Waals surface area contributed by atoms with E-state index in [0.717, 1.165) is 21.2 Å². The van der Waals surface area contributed by atoms with Gasteiger partial charge >= 0.3 is 0 Å². The molecular formula is C14H10ClN3OS. The van der Waals surface area contributed by atoms with Crippen molar-refractivity contribution in [3.8, 4) is 11.1 Å². The number of benzene rings is 1. The number of aromatic nitrogens is 1. The Morgan fingerprint density at radius 3 is 2.80 bits per heavy atom. The van der Waals surface area contributed by atoms with Crippen LogP contribution in [-0.2, 0) is 0 Å². The van der Waals surface area contributed by atoms with E-state index in [9.17, 15) is 4.79 Å². The predicted octanol–water partition coefficient (Wildman–Crippen LogP) is 3.30. The number of rotatable bonds is 2. The number of nitrogens with two attached hydrogens (primary N) is 2. The SMILES string of the molecule is NC(=O)c1cc2c(-c3cccc(Cl)c3)cnc(N)c2s1. The van der Waals surface area contributed by atoms with E-state index in [1.165, 1.54) is 11.3 Å². The van der Waals surface area contributed by atoms with Crippen LogP contribution in [0.15, 0.2) is 36.5 Å². The average Bonchev–Trinajstić information content (AvgIpc) is 2.85. The number of nitrogens with zero attached hydrogens (tertiary/aromatic N) is 1. The number of nitrogen functional groups attached to an aromatic ring is 1. The fraction of sp³-hybridized carbons (Fsp3) is 0. The smallest absolute Gasteiger partial charge is 0.258 e. The summed E-state index contributed by atoms with van der Waals surface area (Å²) in [5.41, 5.74) is 13.0. The molecule has 4 nitrogen and oxygen atoms in total. The molecule has 0 aliphatic carbocycles. The van der Waals surface area contributed by atoms with Gasteiger partial charge in [0, 0.05) is 22.2 Å². The number of anilines is 1. The van der Waals surface area contributed by atoms with Crippen LogP contribution in [0.1, 0.15) is 9.67 Å². The maximum Gasteiger partial charge on any atom is 0.258 e. The van der Waals surface area contributed by atoms with Crippen LogP contribution in [0.25, 0.3) is 21.2 Å². The Hall–Kier alpha value is -2.11. The lowest BCUT2D eigenvalue weighted by Gasteiger charge is -2.05. The van der Waals surface area contributed by atoms with Crippen molar-refractivity contribution < 1.29 is 4.79 Å². The van der Waals surface area contributed by atoms with Crippen LogP contribution >= 0.6 is 22.9 Å². The molecule has 0 aliphatic heterocycles. The second-order valence-corrected chi connectivity index (χ2v) is 5.77. The van der Waals surface area contributed by atoms with Crippen LogP contribution in [0, 0.1) is 0 Å². The molecule has 0 bridgehead atoms. The third-order valence-corrected chi connectivity index (χ3v) is 4.37. The molecule has 3 rings (SSSR count). The van der Waals surface area contributed by atoms with Crippen LogP contribution in [0.2, 0.25) is 5.02 Å². The van der Waals surface area contributed by atoms with Crippen molar-refractivity contribution in [1.29, 1.82) is 0 Å². The predicted molar refractivity (Wildman–Crippen MR) is 83.0 cm³/mol. The van der Waals surface area contributed by atoms with E-state index in [2.05, 4.69) is 4.98 Å². The first-order chi connectivity index (χ1) is 9.56. The van der Waals surface area contributed by atoms with E-state index >= 15 is 0 Å². The molecule has 0 radical (unpaired) electrons. The van der Waals surface area contributed by atoms with Crippen molar-refractivity contribution in [1.82, 2.24) is 4.98 Å². The monoisotopic (exact) mass is 303 g/mol. The highest BCUT2D eigenvalue weighted by Gasteiger charge is 2.14. The minimum atomic E-state index is -0.470. The molecule has 1 amide bonds. The van der Waals surface area contributed by atoms with Crippen molar-refractivity contribution >= 4 is 44.7 Å². The number of carbonyl (C=O) groups is 1. The van der Waals surface area contributed by atoms with Crippen molar-refractivity contribution in [2.75, 3.05) is 5.73 Å². The lowest BCUT2D eigenvalue weighted by atomic mass is 10.0. The summed E-state index contributed by atoms with van der Waals surface area (Å²) in [6.45, 7) is 0. The molecule has 0 unspecified atom stereocenters. The van der Waals surface area contributed by atoms with Crippen molar-refractivity contribution in [3.05, 3.63) is 46.4 Å². The molecule has 2 aromatic heterocycles. The van der Waals surface area contributed by atoms with Gasteiger partial charge in [0.05, 0.1) is 9.58 Å². The molecule has 0 atom stereocenters. The minimum Gasteiger partial charge on any atom is -0.383 e. The lowest BCUT2D eigenvalue weighted by Crippen LogP contribution is -2.08. The lowest BCUT2D eigenvalue weighted by molar-refractivity contribution is 0.100. The van der Waals surface area contributed by atoms with Gasteiger partial charge in [0.2, 0.25) is 0 Å². The third kappa shape index (κ3) is 2.11. The fourth-order valence-corrected chi connectivity index (χ4v) is 3.17. The number of hydrogen-bond acceptors (Lipinski definition) is 4. The molecule has 20 heavy (non-hydrogen) atoms. The van der Waals surface area contributed by atoms with Crippen molar-refractivity contribution in [2.24, 2.45) is 5.73 Å². The summed E-state index contributed by atoms with van der Waals surface area (Å²) in [5, 5.41) is 1.50. The summed E-state index contributed by atoms with van der Waals surface area (Å²) in [6, 6.07) is 9.18. The van der Waals surface area contributed by atoms with Crippen LogP contribution < -0.4 is 11.5 Å². The minimum absolute atomic E-state index is 0.392. The van der Waals surface area contributed by atoms with E-state index < -0.39 is 5.91 Å². The highest BCUT2D eigenvalue weighted by Crippen LogP contribution is 2.36. The quantitative estimate of drug-likeness (QED) is 0.762. The zero-order valence-corrected chi connectivity index (χ0v) is 11.8. The topological polar surface area (TPSA) is 82.0 Å². The summed E-state index contributed by atoms with van der Waals surface area (Å²) in [4.78, 5) is 16.0. The number of hydrogen-bond donors (Lipinski definition) is 2. The molecule has 6 heteroatoms. The zero-order chi connectivity index (χ0) is 14.3. The molecule has 0 saturated heterocycles. The maximum absolute atomic E-state index is 11.3. The van der Waals surface area contributed by atoms with E-state index in [1.54, 1.807) is 18.3 Å². The van der Waals surface area contributed by atoms with E-state index in [-0.39, 0.29) is 0 Å². The summed E-state index contributed by atoms with van der Waals surface area (Å²) < 4.78 is 0.760. The average molecular weight is 304 g/mol. The highest BCUT2D eigenvalue weighted by molar-refractivity contribution is 7.21. The van der Waals surface area contributed by atoms with Crippen LogP contribution in [0.3, 0.4) is 0 Å². The number of halogens is 1. The van der Waals surface area contributed by atoms with Crippen LogP contribution in [0.5, 0.6) is 0 Å². The van der Waals surface area contributed by atoms with Gasteiger partial charge in [-0.25, -0.2) is 4.98 Å². The Morgan fingerprint density at radius 1 is 1.30 bits per heavy atom. The molecule has 2 heterocycles. The first-order valence-electron chi connectivity index (χ1n) is 5.80. The number of primary amides is 1. The summed E-state index contributed by atoms with van der Waals surface area (Å²) >= 11 is 7.27. The second-order valence-electron chi connectivity index (χ2n) is 4.29. The van der Waals surface area contributed by atoms with Gasteiger partial charge in [0.1, 0.15) is 5.82 Å². The molecule has 0 saturated carbocycles. The van der Waals surface area contributed by atoms with Crippen molar-refractivity contribution in [2.45, 2.75) is 0 Å². The summed E-state index contributed by atoms with van der Waals surface area (Å²) in [5.74, 6) is -0.0778. The van der Waals surface area contributed by atoms with Gasteiger partial charge < -0.3 is 11.5 Å². The van der Waals surface area contributed by atoms with Crippen molar-refractivity contribution in [3.63, 3.8) is 0 Å². The Balaban J connectivity index is 2.31. The molecule has 100 valence electrons. The fourth-order valence-electron chi connectivity index (χ4n) is 2.05. The van der Waals surface area contributed by atoms with Gasteiger partial charge in [0.15, 0.2) is 0 Å². The van der Waals surface area contributed by atoms with Gasteiger partial charge in [-0.15, -0.1) is 11.3 Å². The number of pyridine rings is 1. The number of amides is 1. The van der Waals surface area contributed by atoms with E-state index in [4.69, 9.17) is 23.1 Å². The Bertz CT molecular complexity index is 828. The molecule has 4 N–H and O–H groups in total. The second kappa shape index (κ2) is 4.77. The standard InChI is InChI=1S/C14H10ClN3OS/c15-8-3-1-2-7(4-8)10-6-18-13(16)12-9(10)5-11(20-12)14(17)19/h1-6H,(H2,16,18)(H2,17,19). The van der Waals surface area contributed by atoms with Gasteiger partial charge in [-0.3, -0.25) is 4.79 Å². The van der Waals surface area contributed by atoms with Gasteiger partial charge in [-0.1, -0.05) is 23.7 Å². The van der Waals surface area contributed by atoms with Gasteiger partial charge in [0.25, 0.3) is 5.91 Å². The van der Waals surface area contributed by atoms with Crippen LogP contribution in [0.4, 0.5) is 5.82 Å². The molecular weight excluding hydrogens is 294 g/mol. The zero-order valence-electron chi connectivity index (χ0n) is 10.3. The third-order valence-electron chi connectivity index (χ3n) is 2.97. The number of fused-ring (bicyclic) bond motifs is 1. The number of carbonyl (C=O) groups excluding carboxylic acids is 1. The summed E-state index contributed by atoms with van der Waals surface area (Å²) in [6.07, 6.45) is 1.68. The number of thiophene rings is 1. The first kappa shape index (κ1) is 12.9. The molecule has 0 fully saturated rings. The molecule has 0 aliphatic rings.